The van der Waals surface area contributed by atoms with Gasteiger partial charge >= 0.3 is 0 Å². The van der Waals surface area contributed by atoms with Gasteiger partial charge in [0.25, 0.3) is 0 Å². The Morgan fingerprint density at radius 2 is 1.86 bits per heavy atom. The topological polar surface area (TPSA) is 51.2 Å². The highest BCUT2D eigenvalue weighted by molar-refractivity contribution is 5.46. The summed E-state index contributed by atoms with van der Waals surface area (Å²) in [5, 5.41) is 9.86. The van der Waals surface area contributed by atoms with Gasteiger partial charge in [-0.05, 0) is 19.9 Å². The largest absolute Gasteiger partial charge is 0.493 e. The molecule has 0 aliphatic heterocycles. The zero-order valence-corrected chi connectivity index (χ0v) is 13.6. The van der Waals surface area contributed by atoms with Gasteiger partial charge in [-0.25, -0.2) is 0 Å². The minimum Gasteiger partial charge on any atom is -0.493 e. The van der Waals surface area contributed by atoms with Crippen LogP contribution in [0.1, 0.15) is 19.4 Å². The van der Waals surface area contributed by atoms with E-state index in [1.165, 1.54) is 0 Å². The maximum Gasteiger partial charge on any atom is 0.165 e. The van der Waals surface area contributed by atoms with Crippen LogP contribution in [0.2, 0.25) is 0 Å². The lowest BCUT2D eigenvalue weighted by Gasteiger charge is -2.31. The molecule has 0 saturated carbocycles. The Kier molecular flexibility index (Phi) is 7.50. The number of benzene rings is 1. The zero-order chi connectivity index (χ0) is 15.8. The van der Waals surface area contributed by atoms with Gasteiger partial charge in [0.1, 0.15) is 0 Å². The predicted molar refractivity (Wildman–Crippen MR) is 83.0 cm³/mol. The van der Waals surface area contributed by atoms with Crippen LogP contribution in [0.25, 0.3) is 0 Å². The molecule has 1 rings (SSSR count). The first-order valence-electron chi connectivity index (χ1n) is 7.16. The molecule has 1 aromatic rings. The summed E-state index contributed by atoms with van der Waals surface area (Å²) in [6.07, 6.45) is -0.418. The van der Waals surface area contributed by atoms with Crippen molar-refractivity contribution in [2.45, 2.75) is 32.5 Å². The van der Waals surface area contributed by atoms with Crippen molar-refractivity contribution in [1.29, 1.82) is 0 Å². The number of aliphatic hydroxyl groups excluding tert-OH is 1. The number of hydrogen-bond acceptors (Lipinski definition) is 5. The van der Waals surface area contributed by atoms with E-state index in [-0.39, 0.29) is 6.04 Å². The second kappa shape index (κ2) is 8.87. The molecule has 0 heterocycles. The Labute approximate surface area is 127 Å². The monoisotopic (exact) mass is 297 g/mol. The number of rotatable bonds is 9. The van der Waals surface area contributed by atoms with Crippen LogP contribution in [0, 0.1) is 0 Å². The number of ether oxygens (including phenoxy) is 3. The normalized spacial score (nSPS) is 14.0. The minimum atomic E-state index is -0.418. The molecule has 0 spiro atoms. The lowest BCUT2D eigenvalue weighted by atomic mass is 10.1. The van der Waals surface area contributed by atoms with E-state index < -0.39 is 6.10 Å². The molecule has 0 radical (unpaired) electrons. The van der Waals surface area contributed by atoms with E-state index in [1.807, 2.05) is 25.1 Å². The lowest BCUT2D eigenvalue weighted by Crippen LogP contribution is -2.41. The predicted octanol–water partition coefficient (Wildman–Crippen LogP) is 1.92. The lowest BCUT2D eigenvalue weighted by molar-refractivity contribution is 0.0469. The third-order valence-corrected chi connectivity index (χ3v) is 3.71. The quantitative estimate of drug-likeness (QED) is 0.755. The Morgan fingerprint density at radius 3 is 2.38 bits per heavy atom. The molecular weight excluding hydrogens is 270 g/mol. The molecule has 0 bridgehead atoms. The fourth-order valence-corrected chi connectivity index (χ4v) is 2.24. The van der Waals surface area contributed by atoms with Crippen LogP contribution < -0.4 is 9.47 Å². The maximum absolute atomic E-state index is 9.86. The average molecular weight is 297 g/mol. The number of methoxy groups -OCH3 is 3. The van der Waals surface area contributed by atoms with Gasteiger partial charge in [0.2, 0.25) is 0 Å². The molecule has 0 amide bonds. The van der Waals surface area contributed by atoms with Crippen molar-refractivity contribution in [3.63, 3.8) is 0 Å². The van der Waals surface area contributed by atoms with Gasteiger partial charge < -0.3 is 19.3 Å². The van der Waals surface area contributed by atoms with E-state index in [1.54, 1.807) is 28.3 Å². The highest BCUT2D eigenvalue weighted by Gasteiger charge is 2.20. The van der Waals surface area contributed by atoms with Gasteiger partial charge in [0.15, 0.2) is 11.5 Å². The molecule has 1 N–H and O–H groups in total. The Hall–Kier alpha value is -1.30. The summed E-state index contributed by atoms with van der Waals surface area (Å²) in [5.41, 5.74) is 1.03. The van der Waals surface area contributed by atoms with Crippen LogP contribution in [0.15, 0.2) is 18.2 Å². The number of para-hydroxylation sites is 1. The van der Waals surface area contributed by atoms with Crippen LogP contribution in [-0.4, -0.2) is 56.6 Å². The molecular formula is C16H27NO4. The minimum absolute atomic E-state index is 0.0241. The fourth-order valence-electron chi connectivity index (χ4n) is 2.24. The molecule has 21 heavy (non-hydrogen) atoms. The van der Waals surface area contributed by atoms with Crippen LogP contribution in [0.3, 0.4) is 0 Å². The molecule has 0 aromatic heterocycles. The third-order valence-electron chi connectivity index (χ3n) is 3.71. The summed E-state index contributed by atoms with van der Waals surface area (Å²) in [5.74, 6) is 1.45. The van der Waals surface area contributed by atoms with E-state index >= 15 is 0 Å². The molecule has 0 fully saturated rings. The fraction of sp³-hybridized carbons (Fsp3) is 0.625. The first kappa shape index (κ1) is 17.8. The standard InChI is InChI=1S/C16H27NO4/c1-12(13(2)18)17(9-10-19-3)11-14-7-6-8-15(20-4)16(14)21-5/h6-8,12-13,18H,9-11H2,1-5H3. The maximum atomic E-state index is 9.86. The molecule has 1 aromatic carbocycles. The first-order valence-corrected chi connectivity index (χ1v) is 7.16. The molecule has 0 aliphatic carbocycles. The summed E-state index contributed by atoms with van der Waals surface area (Å²) in [4.78, 5) is 2.17. The Morgan fingerprint density at radius 1 is 1.14 bits per heavy atom. The summed E-state index contributed by atoms with van der Waals surface area (Å²) in [6.45, 7) is 5.82. The Balaban J connectivity index is 2.97. The summed E-state index contributed by atoms with van der Waals surface area (Å²) in [6, 6.07) is 5.85. The van der Waals surface area contributed by atoms with Crippen LogP contribution in [0.5, 0.6) is 11.5 Å². The van der Waals surface area contributed by atoms with Crippen molar-refractivity contribution in [3.8, 4) is 11.5 Å². The molecule has 0 saturated heterocycles. The second-order valence-corrected chi connectivity index (χ2v) is 5.10. The smallest absolute Gasteiger partial charge is 0.165 e. The molecule has 2 unspecified atom stereocenters. The van der Waals surface area contributed by atoms with Crippen molar-refractivity contribution < 1.29 is 19.3 Å². The van der Waals surface area contributed by atoms with Crippen LogP contribution in [-0.2, 0) is 11.3 Å². The highest BCUT2D eigenvalue weighted by Crippen LogP contribution is 2.31. The van der Waals surface area contributed by atoms with Gasteiger partial charge in [0, 0.05) is 31.8 Å². The van der Waals surface area contributed by atoms with E-state index in [4.69, 9.17) is 14.2 Å². The number of hydrogen-bond donors (Lipinski definition) is 1. The highest BCUT2D eigenvalue weighted by atomic mass is 16.5. The number of nitrogens with zero attached hydrogens (tertiary/aromatic N) is 1. The Bertz CT molecular complexity index is 423. The molecule has 120 valence electrons. The van der Waals surface area contributed by atoms with E-state index in [0.717, 1.165) is 17.9 Å². The SMILES string of the molecule is COCCN(Cc1cccc(OC)c1OC)C(C)C(C)O. The van der Waals surface area contributed by atoms with Crippen molar-refractivity contribution in [2.75, 3.05) is 34.5 Å². The molecule has 5 heteroatoms. The van der Waals surface area contributed by atoms with Gasteiger partial charge in [-0.2, -0.15) is 0 Å². The summed E-state index contributed by atoms with van der Waals surface area (Å²) < 4.78 is 16.0. The molecule has 5 nitrogen and oxygen atoms in total. The van der Waals surface area contributed by atoms with Crippen LogP contribution in [0.4, 0.5) is 0 Å². The van der Waals surface area contributed by atoms with E-state index in [2.05, 4.69) is 4.90 Å². The van der Waals surface area contributed by atoms with Crippen molar-refractivity contribution in [2.24, 2.45) is 0 Å². The third kappa shape index (κ3) is 4.88. The van der Waals surface area contributed by atoms with Gasteiger partial charge in [-0.15, -0.1) is 0 Å². The van der Waals surface area contributed by atoms with Crippen molar-refractivity contribution in [3.05, 3.63) is 23.8 Å². The average Bonchev–Trinajstić information content (AvgIpc) is 2.49. The second-order valence-electron chi connectivity index (χ2n) is 5.10. The van der Waals surface area contributed by atoms with Crippen LogP contribution >= 0.6 is 0 Å². The van der Waals surface area contributed by atoms with Crippen molar-refractivity contribution in [1.82, 2.24) is 4.90 Å². The summed E-state index contributed by atoms with van der Waals surface area (Å²) in [7, 11) is 4.94. The number of aliphatic hydroxyl groups is 1. The van der Waals surface area contributed by atoms with E-state index in [0.29, 0.717) is 18.9 Å². The van der Waals surface area contributed by atoms with Gasteiger partial charge in [0.05, 0.1) is 26.9 Å². The van der Waals surface area contributed by atoms with Gasteiger partial charge in [-0.3, -0.25) is 4.90 Å². The first-order chi connectivity index (χ1) is 10.0. The molecule has 0 aliphatic rings. The summed E-state index contributed by atoms with van der Waals surface area (Å²) >= 11 is 0. The van der Waals surface area contributed by atoms with Gasteiger partial charge in [-0.1, -0.05) is 12.1 Å². The van der Waals surface area contributed by atoms with E-state index in [9.17, 15) is 5.11 Å². The zero-order valence-electron chi connectivity index (χ0n) is 13.6. The van der Waals surface area contributed by atoms with Crippen molar-refractivity contribution >= 4 is 0 Å². The molecule has 2 atom stereocenters.